The number of amides is 1. The zero-order chi connectivity index (χ0) is 24.0. The summed E-state index contributed by atoms with van der Waals surface area (Å²) in [6.45, 7) is 0. The number of nitrogens with zero attached hydrogens (tertiary/aromatic N) is 4. The van der Waals surface area contributed by atoms with Gasteiger partial charge in [0.2, 0.25) is 0 Å². The lowest BCUT2D eigenvalue weighted by molar-refractivity contribution is -0.274. The van der Waals surface area contributed by atoms with Gasteiger partial charge in [0, 0.05) is 12.7 Å². The molecular formula is C20H12F6N4O3. The van der Waals surface area contributed by atoms with Crippen molar-refractivity contribution in [3.8, 4) is 17.2 Å². The van der Waals surface area contributed by atoms with E-state index < -0.39 is 29.9 Å². The van der Waals surface area contributed by atoms with Crippen LogP contribution in [0.15, 0.2) is 59.3 Å². The molecular weight excluding hydrogens is 458 g/mol. The van der Waals surface area contributed by atoms with Gasteiger partial charge >= 0.3 is 12.5 Å². The van der Waals surface area contributed by atoms with Gasteiger partial charge in [-0.25, -0.2) is 9.50 Å². The Morgan fingerprint density at radius 3 is 2.36 bits per heavy atom. The van der Waals surface area contributed by atoms with Gasteiger partial charge in [0.25, 0.3) is 5.91 Å². The predicted molar refractivity (Wildman–Crippen MR) is 102 cm³/mol. The van der Waals surface area contributed by atoms with E-state index in [1.54, 1.807) is 0 Å². The second-order valence-corrected chi connectivity index (χ2v) is 6.70. The largest absolute Gasteiger partial charge is 0.573 e. The summed E-state index contributed by atoms with van der Waals surface area (Å²) >= 11 is 0. The number of fused-ring (bicyclic) bond motifs is 1. The van der Waals surface area contributed by atoms with E-state index in [4.69, 9.17) is 4.42 Å². The number of alkyl halides is 6. The number of carbonyl (C=O) groups is 1. The Kier molecular flexibility index (Phi) is 5.26. The highest BCUT2D eigenvalue weighted by Gasteiger charge is 2.36. The number of carbonyl (C=O) groups excluding carboxylic acids is 1. The predicted octanol–water partition coefficient (Wildman–Crippen LogP) is 5.18. The van der Waals surface area contributed by atoms with E-state index in [1.807, 2.05) is 0 Å². The van der Waals surface area contributed by atoms with Crippen LogP contribution in [-0.4, -0.2) is 33.9 Å². The number of hydrogen-bond donors (Lipinski definition) is 0. The molecule has 0 fully saturated rings. The molecule has 33 heavy (non-hydrogen) atoms. The topological polar surface area (TPSA) is 72.9 Å². The van der Waals surface area contributed by atoms with E-state index in [0.717, 1.165) is 29.3 Å². The fraction of sp³-hybridized carbons (Fsp3) is 0.150. The first-order valence-electron chi connectivity index (χ1n) is 9.08. The fourth-order valence-corrected chi connectivity index (χ4v) is 3.04. The van der Waals surface area contributed by atoms with Gasteiger partial charge in [-0.1, -0.05) is 0 Å². The SMILES string of the molecule is CN(C(=O)c1cnn2c(C(F)(F)F)cc(-c3ccco3)nc12)c1ccc(OC(F)(F)F)cc1. The number of benzene rings is 1. The standard InChI is InChI=1S/C20H12F6N4O3/c1-29(11-4-6-12(7-5-11)33-20(24,25)26)18(31)13-10-27-30-16(19(21,22)23)9-14(28-17(13)30)15-3-2-8-32-15/h2-10H,1H3. The molecule has 7 nitrogen and oxygen atoms in total. The summed E-state index contributed by atoms with van der Waals surface area (Å²) < 4.78 is 87.2. The fourth-order valence-electron chi connectivity index (χ4n) is 3.04. The first-order chi connectivity index (χ1) is 15.4. The van der Waals surface area contributed by atoms with Gasteiger partial charge in [0.15, 0.2) is 17.1 Å². The van der Waals surface area contributed by atoms with Crippen LogP contribution in [0.2, 0.25) is 0 Å². The lowest BCUT2D eigenvalue weighted by atomic mass is 10.2. The molecule has 0 aliphatic heterocycles. The first-order valence-corrected chi connectivity index (χ1v) is 9.08. The van der Waals surface area contributed by atoms with Crippen LogP contribution < -0.4 is 9.64 Å². The number of aromatic nitrogens is 3. The van der Waals surface area contributed by atoms with Crippen LogP contribution >= 0.6 is 0 Å². The number of furan rings is 1. The number of ether oxygens (including phenoxy) is 1. The number of hydrogen-bond acceptors (Lipinski definition) is 5. The molecule has 4 aromatic rings. The molecule has 1 aromatic carbocycles. The minimum absolute atomic E-state index is 0.0520. The smallest absolute Gasteiger partial charge is 0.463 e. The van der Waals surface area contributed by atoms with Crippen molar-refractivity contribution in [3.63, 3.8) is 0 Å². The van der Waals surface area contributed by atoms with E-state index in [-0.39, 0.29) is 28.4 Å². The van der Waals surface area contributed by atoms with Crippen LogP contribution in [0.1, 0.15) is 16.1 Å². The maximum absolute atomic E-state index is 13.6. The molecule has 0 N–H and O–H groups in total. The van der Waals surface area contributed by atoms with Crippen molar-refractivity contribution < 1.29 is 40.3 Å². The van der Waals surface area contributed by atoms with Crippen LogP contribution in [-0.2, 0) is 6.18 Å². The van der Waals surface area contributed by atoms with E-state index in [0.29, 0.717) is 4.52 Å². The second kappa shape index (κ2) is 7.83. The third-order valence-corrected chi connectivity index (χ3v) is 4.53. The molecule has 0 spiro atoms. The summed E-state index contributed by atoms with van der Waals surface area (Å²) in [6, 6.07) is 8.00. The highest BCUT2D eigenvalue weighted by atomic mass is 19.4. The van der Waals surface area contributed by atoms with Crippen molar-refractivity contribution in [2.24, 2.45) is 0 Å². The molecule has 3 aromatic heterocycles. The second-order valence-electron chi connectivity index (χ2n) is 6.70. The van der Waals surface area contributed by atoms with Crippen molar-refractivity contribution in [3.05, 3.63) is 66.2 Å². The molecule has 172 valence electrons. The highest BCUT2D eigenvalue weighted by Crippen LogP contribution is 2.33. The van der Waals surface area contributed by atoms with E-state index in [1.165, 1.54) is 37.6 Å². The van der Waals surface area contributed by atoms with E-state index in [2.05, 4.69) is 14.8 Å². The summed E-state index contributed by atoms with van der Waals surface area (Å²) in [7, 11) is 1.30. The maximum atomic E-state index is 13.6. The van der Waals surface area contributed by atoms with Crippen LogP contribution in [0.25, 0.3) is 17.1 Å². The van der Waals surface area contributed by atoms with Crippen LogP contribution in [0.5, 0.6) is 5.75 Å². The molecule has 13 heteroatoms. The van der Waals surface area contributed by atoms with Gasteiger partial charge < -0.3 is 14.1 Å². The van der Waals surface area contributed by atoms with E-state index in [9.17, 15) is 31.1 Å². The Morgan fingerprint density at radius 2 is 1.79 bits per heavy atom. The summed E-state index contributed by atoms with van der Waals surface area (Å²) in [5.41, 5.74) is -1.80. The third-order valence-electron chi connectivity index (χ3n) is 4.53. The molecule has 0 aliphatic carbocycles. The van der Waals surface area contributed by atoms with Crippen molar-refractivity contribution in [1.29, 1.82) is 0 Å². The lowest BCUT2D eigenvalue weighted by Crippen LogP contribution is -2.26. The van der Waals surface area contributed by atoms with Gasteiger partial charge in [-0.3, -0.25) is 4.79 Å². The zero-order valence-electron chi connectivity index (χ0n) is 16.5. The molecule has 0 radical (unpaired) electrons. The van der Waals surface area contributed by atoms with Crippen molar-refractivity contribution in [2.75, 3.05) is 11.9 Å². The Labute approximate surface area is 180 Å². The van der Waals surface area contributed by atoms with Gasteiger partial charge in [0.05, 0.1) is 12.5 Å². The molecule has 4 rings (SSSR count). The van der Waals surface area contributed by atoms with Crippen LogP contribution in [0.4, 0.5) is 32.0 Å². The molecule has 0 saturated heterocycles. The Hall–Kier alpha value is -4.03. The van der Waals surface area contributed by atoms with Gasteiger partial charge in [-0.15, -0.1) is 13.2 Å². The molecule has 0 unspecified atom stereocenters. The van der Waals surface area contributed by atoms with Crippen LogP contribution in [0.3, 0.4) is 0 Å². The molecule has 0 bridgehead atoms. The molecule has 0 saturated carbocycles. The summed E-state index contributed by atoms with van der Waals surface area (Å²) in [5, 5.41) is 3.67. The van der Waals surface area contributed by atoms with Crippen molar-refractivity contribution in [1.82, 2.24) is 14.6 Å². The van der Waals surface area contributed by atoms with Gasteiger partial charge in [-0.2, -0.15) is 18.3 Å². The Balaban J connectivity index is 1.73. The van der Waals surface area contributed by atoms with Crippen LogP contribution in [0, 0.1) is 0 Å². The van der Waals surface area contributed by atoms with Crippen molar-refractivity contribution >= 4 is 17.2 Å². The molecule has 0 atom stereocenters. The highest BCUT2D eigenvalue weighted by molar-refractivity contribution is 6.09. The zero-order valence-corrected chi connectivity index (χ0v) is 16.5. The number of rotatable bonds is 4. The molecule has 3 heterocycles. The number of halogens is 6. The average Bonchev–Trinajstić information content (AvgIpc) is 3.40. The third kappa shape index (κ3) is 4.47. The van der Waals surface area contributed by atoms with Crippen molar-refractivity contribution in [2.45, 2.75) is 12.5 Å². The summed E-state index contributed by atoms with van der Waals surface area (Å²) in [6.07, 6.45) is -7.50. The normalized spacial score (nSPS) is 12.2. The molecule has 1 amide bonds. The minimum Gasteiger partial charge on any atom is -0.463 e. The Morgan fingerprint density at radius 1 is 1.09 bits per heavy atom. The summed E-state index contributed by atoms with van der Waals surface area (Å²) in [4.78, 5) is 18.2. The average molecular weight is 470 g/mol. The quantitative estimate of drug-likeness (QED) is 0.384. The van der Waals surface area contributed by atoms with Gasteiger partial charge in [0.1, 0.15) is 17.0 Å². The van der Waals surface area contributed by atoms with Gasteiger partial charge in [-0.05, 0) is 42.5 Å². The number of anilines is 1. The first kappa shape index (κ1) is 22.2. The molecule has 0 aliphatic rings. The lowest BCUT2D eigenvalue weighted by Gasteiger charge is -2.17. The van der Waals surface area contributed by atoms with E-state index >= 15 is 0 Å². The summed E-state index contributed by atoms with van der Waals surface area (Å²) in [5.74, 6) is -1.23. The Bertz CT molecular complexity index is 1290. The monoisotopic (exact) mass is 470 g/mol. The minimum atomic E-state index is -4.88. The maximum Gasteiger partial charge on any atom is 0.573 e.